The Kier molecular flexibility index (Phi) is 4.88. The number of halogens is 2. The van der Waals surface area contributed by atoms with Gasteiger partial charge in [0.2, 0.25) is 5.95 Å². The molecule has 0 saturated heterocycles. The van der Waals surface area contributed by atoms with Gasteiger partial charge < -0.3 is 10.6 Å². The zero-order valence-corrected chi connectivity index (χ0v) is 13.3. The van der Waals surface area contributed by atoms with Crippen LogP contribution in [-0.4, -0.2) is 29.9 Å². The fourth-order valence-corrected chi connectivity index (χ4v) is 1.85. The Balaban J connectivity index is 2.07. The van der Waals surface area contributed by atoms with Crippen molar-refractivity contribution in [3.05, 3.63) is 53.3 Å². The van der Waals surface area contributed by atoms with Crippen LogP contribution in [0.2, 0.25) is 0 Å². The predicted molar refractivity (Wildman–Crippen MR) is 86.8 cm³/mol. The summed E-state index contributed by atoms with van der Waals surface area (Å²) in [4.78, 5) is 14.4. The largest absolute Gasteiger partial charge is 0.383 e. The van der Waals surface area contributed by atoms with Crippen molar-refractivity contribution in [3.63, 3.8) is 0 Å². The van der Waals surface area contributed by atoms with E-state index >= 15 is 0 Å². The Bertz CT molecular complexity index is 673. The number of nitrogens with zero attached hydrogens (tertiary/aromatic N) is 4. The molecule has 0 aliphatic rings. The first-order valence-corrected chi connectivity index (χ1v) is 7.04. The van der Waals surface area contributed by atoms with Crippen LogP contribution in [0.15, 0.2) is 41.7 Å². The maximum Gasteiger partial charge on any atom is 0.270 e. The molecular weight excluding hydrogens is 300 g/mol. The Morgan fingerprint density at radius 3 is 2.22 bits per heavy atom. The molecule has 23 heavy (non-hydrogen) atoms. The molecule has 122 valence electrons. The highest BCUT2D eigenvalue weighted by molar-refractivity contribution is 5.96. The van der Waals surface area contributed by atoms with E-state index in [1.807, 2.05) is 14.1 Å². The number of hydrogen-bond donors (Lipinski definition) is 1. The first-order chi connectivity index (χ1) is 10.8. The molecular formula is C16H19F2N5. The number of nitrogens with two attached hydrogens (primary N) is 1. The van der Waals surface area contributed by atoms with Gasteiger partial charge in [0, 0.05) is 39.0 Å². The number of rotatable bonds is 5. The molecule has 5 nitrogen and oxygen atoms in total. The topological polar surface area (TPSA) is 67.4 Å². The maximum absolute atomic E-state index is 13.1. The Labute approximate surface area is 133 Å². The summed E-state index contributed by atoms with van der Waals surface area (Å²) in [6.07, 6.45) is 3.20. The average Bonchev–Trinajstić information content (AvgIpc) is 2.52. The summed E-state index contributed by atoms with van der Waals surface area (Å²) in [5, 5.41) is 0. The highest BCUT2D eigenvalue weighted by Crippen LogP contribution is 2.26. The summed E-state index contributed by atoms with van der Waals surface area (Å²) in [7, 11) is 3.69. The second-order valence-corrected chi connectivity index (χ2v) is 5.45. The lowest BCUT2D eigenvalue weighted by molar-refractivity contribution is 0.0174. The fourth-order valence-electron chi connectivity index (χ4n) is 1.85. The zero-order valence-electron chi connectivity index (χ0n) is 13.3. The summed E-state index contributed by atoms with van der Waals surface area (Å²) in [6, 6.07) is 6.04. The summed E-state index contributed by atoms with van der Waals surface area (Å²) in [5.41, 5.74) is 7.30. The van der Waals surface area contributed by atoms with Gasteiger partial charge in [-0.05, 0) is 5.56 Å². The van der Waals surface area contributed by atoms with Gasteiger partial charge >= 0.3 is 0 Å². The average molecular weight is 319 g/mol. The Hall–Kier alpha value is -2.57. The van der Waals surface area contributed by atoms with E-state index in [1.165, 1.54) is 12.1 Å². The Morgan fingerprint density at radius 1 is 1.17 bits per heavy atom. The van der Waals surface area contributed by atoms with Gasteiger partial charge in [0.15, 0.2) is 0 Å². The van der Waals surface area contributed by atoms with Gasteiger partial charge in [0.1, 0.15) is 5.84 Å². The molecule has 2 rings (SSSR count). The van der Waals surface area contributed by atoms with Crippen molar-refractivity contribution in [2.75, 3.05) is 19.0 Å². The lowest BCUT2D eigenvalue weighted by Crippen LogP contribution is -2.17. The van der Waals surface area contributed by atoms with Crippen molar-refractivity contribution in [1.82, 2.24) is 9.97 Å². The third-order valence-electron chi connectivity index (χ3n) is 3.23. The predicted octanol–water partition coefficient (Wildman–Crippen LogP) is 2.56. The van der Waals surface area contributed by atoms with Gasteiger partial charge in [-0.1, -0.05) is 24.3 Å². The highest BCUT2D eigenvalue weighted by atomic mass is 19.3. The number of amidine groups is 1. The van der Waals surface area contributed by atoms with Crippen LogP contribution >= 0.6 is 0 Å². The van der Waals surface area contributed by atoms with Crippen LogP contribution in [-0.2, 0) is 12.5 Å². The quantitative estimate of drug-likeness (QED) is 0.679. The second-order valence-electron chi connectivity index (χ2n) is 5.45. The third kappa shape index (κ3) is 4.45. The number of hydrogen-bond acceptors (Lipinski definition) is 4. The fraction of sp³-hybridized carbons (Fsp3) is 0.312. The minimum atomic E-state index is -2.84. The van der Waals surface area contributed by atoms with E-state index in [0.29, 0.717) is 23.9 Å². The molecule has 0 aliphatic carbocycles. The Morgan fingerprint density at radius 2 is 1.74 bits per heavy atom. The van der Waals surface area contributed by atoms with Gasteiger partial charge in [0.05, 0.1) is 12.1 Å². The summed E-state index contributed by atoms with van der Waals surface area (Å²) >= 11 is 0. The molecule has 1 heterocycles. The van der Waals surface area contributed by atoms with Crippen molar-refractivity contribution in [1.29, 1.82) is 0 Å². The summed E-state index contributed by atoms with van der Waals surface area (Å²) in [6.45, 7) is 1.17. The second kappa shape index (κ2) is 6.68. The molecule has 0 amide bonds. The SMILES string of the molecule is CN(C)c1ncc(C(N)=NCc2ccc(C(C)(F)F)cc2)cn1. The van der Waals surface area contributed by atoms with Crippen LogP contribution in [0.25, 0.3) is 0 Å². The molecule has 2 aromatic rings. The van der Waals surface area contributed by atoms with Gasteiger partial charge in [-0.25, -0.2) is 18.7 Å². The monoisotopic (exact) mass is 319 g/mol. The van der Waals surface area contributed by atoms with Crippen molar-refractivity contribution in [3.8, 4) is 0 Å². The number of alkyl halides is 2. The van der Waals surface area contributed by atoms with Crippen molar-refractivity contribution in [2.45, 2.75) is 19.4 Å². The third-order valence-corrected chi connectivity index (χ3v) is 3.23. The first kappa shape index (κ1) is 16.8. The standard InChI is InChI=1S/C16H19F2N5/c1-16(17,18)13-6-4-11(5-7-13)8-20-14(19)12-9-21-15(22-10-12)23(2)3/h4-7,9-10H,8H2,1-3H3,(H2,19,20). The molecule has 0 saturated carbocycles. The van der Waals surface area contributed by atoms with Crippen molar-refractivity contribution >= 4 is 11.8 Å². The minimum Gasteiger partial charge on any atom is -0.383 e. The van der Waals surface area contributed by atoms with Crippen LogP contribution < -0.4 is 10.6 Å². The van der Waals surface area contributed by atoms with E-state index in [0.717, 1.165) is 12.5 Å². The van der Waals surface area contributed by atoms with Crippen LogP contribution in [0, 0.1) is 0 Å². The molecule has 1 aromatic carbocycles. The minimum absolute atomic E-state index is 0.0223. The van der Waals surface area contributed by atoms with Crippen LogP contribution in [0.4, 0.5) is 14.7 Å². The van der Waals surface area contributed by atoms with Crippen molar-refractivity contribution < 1.29 is 8.78 Å². The van der Waals surface area contributed by atoms with Crippen LogP contribution in [0.1, 0.15) is 23.6 Å². The molecule has 0 fully saturated rings. The molecule has 0 atom stereocenters. The van der Waals surface area contributed by atoms with Gasteiger partial charge in [0.25, 0.3) is 5.92 Å². The van der Waals surface area contributed by atoms with E-state index in [4.69, 9.17) is 5.73 Å². The van der Waals surface area contributed by atoms with E-state index in [9.17, 15) is 8.78 Å². The lowest BCUT2D eigenvalue weighted by Gasteiger charge is -2.11. The highest BCUT2D eigenvalue weighted by Gasteiger charge is 2.23. The number of benzene rings is 1. The molecule has 0 spiro atoms. The normalized spacial score (nSPS) is 12.3. The van der Waals surface area contributed by atoms with E-state index in [-0.39, 0.29) is 5.56 Å². The molecule has 0 unspecified atom stereocenters. The number of aromatic nitrogens is 2. The first-order valence-electron chi connectivity index (χ1n) is 7.04. The molecule has 2 N–H and O–H groups in total. The van der Waals surface area contributed by atoms with Gasteiger partial charge in [-0.3, -0.25) is 4.99 Å². The number of aliphatic imine (C=N–C) groups is 1. The van der Waals surface area contributed by atoms with Crippen LogP contribution in [0.3, 0.4) is 0 Å². The molecule has 7 heteroatoms. The van der Waals surface area contributed by atoms with Crippen molar-refractivity contribution in [2.24, 2.45) is 10.7 Å². The summed E-state index contributed by atoms with van der Waals surface area (Å²) < 4.78 is 26.3. The van der Waals surface area contributed by atoms with E-state index < -0.39 is 5.92 Å². The summed E-state index contributed by atoms with van der Waals surface area (Å²) in [5.74, 6) is -1.95. The molecule has 1 aromatic heterocycles. The van der Waals surface area contributed by atoms with Crippen LogP contribution in [0.5, 0.6) is 0 Å². The molecule has 0 aliphatic heterocycles. The van der Waals surface area contributed by atoms with Gasteiger partial charge in [-0.15, -0.1) is 0 Å². The maximum atomic E-state index is 13.1. The number of anilines is 1. The molecule has 0 bridgehead atoms. The zero-order chi connectivity index (χ0) is 17.0. The molecule has 0 radical (unpaired) electrons. The van der Waals surface area contributed by atoms with Gasteiger partial charge in [-0.2, -0.15) is 0 Å². The van der Waals surface area contributed by atoms with E-state index in [2.05, 4.69) is 15.0 Å². The lowest BCUT2D eigenvalue weighted by atomic mass is 10.1. The van der Waals surface area contributed by atoms with E-state index in [1.54, 1.807) is 29.4 Å². The smallest absolute Gasteiger partial charge is 0.270 e.